The van der Waals surface area contributed by atoms with Gasteiger partial charge < -0.3 is 5.11 Å². The second-order valence-corrected chi connectivity index (χ2v) is 7.52. The predicted molar refractivity (Wildman–Crippen MR) is 114 cm³/mol. The van der Waals surface area contributed by atoms with Crippen molar-refractivity contribution in [3.05, 3.63) is 105 Å². The molecule has 1 heterocycles. The first kappa shape index (κ1) is 20.1. The van der Waals surface area contributed by atoms with Gasteiger partial charge in [-0.1, -0.05) is 41.4 Å². The lowest BCUT2D eigenvalue weighted by Gasteiger charge is -2.26. The monoisotopic (exact) mass is 441 g/mol. The highest BCUT2D eigenvalue weighted by molar-refractivity contribution is 6.52. The van der Waals surface area contributed by atoms with Crippen LogP contribution in [0.15, 0.2) is 78.4 Å². The second kappa shape index (κ2) is 7.94. The number of carbonyl (C=O) groups excluding carboxylic acids is 2. The molecule has 30 heavy (non-hydrogen) atoms. The lowest BCUT2D eigenvalue weighted by molar-refractivity contribution is -0.132. The number of hydrogen-bond acceptors (Lipinski definition) is 3. The van der Waals surface area contributed by atoms with Gasteiger partial charge in [0.1, 0.15) is 11.6 Å². The first-order valence-electron chi connectivity index (χ1n) is 8.95. The van der Waals surface area contributed by atoms with E-state index in [4.69, 9.17) is 23.2 Å². The molecule has 0 radical (unpaired) electrons. The Hall–Kier alpha value is -3.15. The maximum Gasteiger partial charge on any atom is 0.300 e. The van der Waals surface area contributed by atoms with Crippen molar-refractivity contribution in [2.75, 3.05) is 4.90 Å². The molecule has 4 nitrogen and oxygen atoms in total. The van der Waals surface area contributed by atoms with Gasteiger partial charge in [-0.25, -0.2) is 4.39 Å². The smallest absolute Gasteiger partial charge is 0.300 e. The Morgan fingerprint density at radius 1 is 0.900 bits per heavy atom. The van der Waals surface area contributed by atoms with Crippen LogP contribution in [0.1, 0.15) is 17.2 Å². The highest BCUT2D eigenvalue weighted by Crippen LogP contribution is 2.44. The van der Waals surface area contributed by atoms with Gasteiger partial charge in [0.15, 0.2) is 0 Å². The lowest BCUT2D eigenvalue weighted by Crippen LogP contribution is -2.29. The molecule has 0 bridgehead atoms. The third-order valence-corrected chi connectivity index (χ3v) is 5.46. The fraction of sp³-hybridized carbons (Fsp3) is 0.0435. The van der Waals surface area contributed by atoms with Crippen LogP contribution in [0, 0.1) is 5.82 Å². The Kier molecular flexibility index (Phi) is 5.33. The van der Waals surface area contributed by atoms with Crippen LogP contribution in [-0.2, 0) is 9.59 Å². The molecule has 1 fully saturated rings. The largest absolute Gasteiger partial charge is 0.507 e. The zero-order valence-corrected chi connectivity index (χ0v) is 16.9. The van der Waals surface area contributed by atoms with Crippen molar-refractivity contribution in [3.63, 3.8) is 0 Å². The molecule has 0 saturated carbocycles. The summed E-state index contributed by atoms with van der Waals surface area (Å²) in [5.74, 6) is -2.54. The number of benzene rings is 3. The zero-order chi connectivity index (χ0) is 21.4. The fourth-order valence-corrected chi connectivity index (χ4v) is 3.82. The summed E-state index contributed by atoms with van der Waals surface area (Å²) in [6, 6.07) is 17.2. The number of aliphatic hydroxyl groups is 1. The molecule has 1 unspecified atom stereocenters. The zero-order valence-electron chi connectivity index (χ0n) is 15.4. The summed E-state index contributed by atoms with van der Waals surface area (Å²) in [6.45, 7) is 0. The van der Waals surface area contributed by atoms with E-state index in [-0.39, 0.29) is 11.3 Å². The maximum atomic E-state index is 13.4. The molecule has 1 aliphatic heterocycles. The third kappa shape index (κ3) is 3.47. The molecule has 0 aromatic heterocycles. The van der Waals surface area contributed by atoms with Gasteiger partial charge in [0, 0.05) is 21.3 Å². The second-order valence-electron chi connectivity index (χ2n) is 6.67. The number of amides is 1. The number of anilines is 1. The van der Waals surface area contributed by atoms with Crippen LogP contribution in [-0.4, -0.2) is 16.8 Å². The minimum Gasteiger partial charge on any atom is -0.507 e. The summed E-state index contributed by atoms with van der Waals surface area (Å²) in [7, 11) is 0. The summed E-state index contributed by atoms with van der Waals surface area (Å²) in [6.07, 6.45) is 0. The third-order valence-electron chi connectivity index (χ3n) is 4.87. The summed E-state index contributed by atoms with van der Waals surface area (Å²) in [4.78, 5) is 27.2. The standard InChI is InChI=1S/C23H14Cl2FNO3/c24-14-7-5-13(6-8-14)21(28)19-20(17-3-1-2-4-18(17)25)27(23(30)22(19)29)16-11-9-15(26)10-12-16/h1-12,20,28H/b21-19+. The molecule has 1 atom stereocenters. The van der Waals surface area contributed by atoms with Crippen LogP contribution in [0.4, 0.5) is 10.1 Å². The number of rotatable bonds is 3. The van der Waals surface area contributed by atoms with Crippen molar-refractivity contribution in [1.29, 1.82) is 0 Å². The topological polar surface area (TPSA) is 57.6 Å². The van der Waals surface area contributed by atoms with Gasteiger partial charge in [-0.05, 0) is 60.2 Å². The molecule has 7 heteroatoms. The van der Waals surface area contributed by atoms with Crippen molar-refractivity contribution in [3.8, 4) is 0 Å². The van der Waals surface area contributed by atoms with Gasteiger partial charge in [0.05, 0.1) is 11.6 Å². The predicted octanol–water partition coefficient (Wildman–Crippen LogP) is 5.76. The first-order valence-corrected chi connectivity index (χ1v) is 9.71. The van der Waals surface area contributed by atoms with Crippen LogP contribution in [0.25, 0.3) is 5.76 Å². The van der Waals surface area contributed by atoms with E-state index < -0.39 is 23.5 Å². The van der Waals surface area contributed by atoms with E-state index in [1.807, 2.05) is 0 Å². The maximum absolute atomic E-state index is 13.4. The Morgan fingerprint density at radius 3 is 2.17 bits per heavy atom. The van der Waals surface area contributed by atoms with Gasteiger partial charge in [-0.2, -0.15) is 0 Å². The Morgan fingerprint density at radius 2 is 1.53 bits per heavy atom. The number of hydrogen-bond donors (Lipinski definition) is 1. The van der Waals surface area contributed by atoms with Gasteiger partial charge in [-0.15, -0.1) is 0 Å². The van der Waals surface area contributed by atoms with E-state index in [1.54, 1.807) is 48.5 Å². The van der Waals surface area contributed by atoms with E-state index in [1.165, 1.54) is 29.2 Å². The molecule has 1 N–H and O–H groups in total. The van der Waals surface area contributed by atoms with E-state index in [0.717, 1.165) is 0 Å². The van der Waals surface area contributed by atoms with Crippen molar-refractivity contribution < 1.29 is 19.1 Å². The van der Waals surface area contributed by atoms with Gasteiger partial charge in [-0.3, -0.25) is 14.5 Å². The van der Waals surface area contributed by atoms with Crippen LogP contribution in [0.3, 0.4) is 0 Å². The normalized spacial score (nSPS) is 18.1. The van der Waals surface area contributed by atoms with Crippen LogP contribution >= 0.6 is 23.2 Å². The Balaban J connectivity index is 1.96. The molecule has 150 valence electrons. The van der Waals surface area contributed by atoms with Crippen LogP contribution in [0.5, 0.6) is 0 Å². The quantitative estimate of drug-likeness (QED) is 0.319. The van der Waals surface area contributed by atoms with Gasteiger partial charge in [0.2, 0.25) is 0 Å². The molecular formula is C23H14Cl2FNO3. The number of aliphatic hydroxyl groups excluding tert-OH is 1. The van der Waals surface area contributed by atoms with Crippen molar-refractivity contribution >= 4 is 46.3 Å². The minimum absolute atomic E-state index is 0.111. The first-order chi connectivity index (χ1) is 14.4. The number of ketones is 1. The summed E-state index contributed by atoms with van der Waals surface area (Å²) in [5, 5.41) is 11.7. The lowest BCUT2D eigenvalue weighted by atomic mass is 9.95. The molecule has 1 amide bonds. The average Bonchev–Trinajstić information content (AvgIpc) is 3.00. The van der Waals surface area contributed by atoms with Crippen molar-refractivity contribution in [2.45, 2.75) is 6.04 Å². The molecule has 0 aliphatic carbocycles. The number of nitrogens with zero attached hydrogens (tertiary/aromatic N) is 1. The molecule has 0 spiro atoms. The highest BCUT2D eigenvalue weighted by atomic mass is 35.5. The van der Waals surface area contributed by atoms with E-state index in [9.17, 15) is 19.1 Å². The fourth-order valence-electron chi connectivity index (χ4n) is 3.45. The summed E-state index contributed by atoms with van der Waals surface area (Å²) < 4.78 is 13.4. The van der Waals surface area contributed by atoms with Crippen LogP contribution in [0.2, 0.25) is 10.0 Å². The summed E-state index contributed by atoms with van der Waals surface area (Å²) >= 11 is 12.3. The molecule has 1 saturated heterocycles. The Labute approximate surface area is 181 Å². The SMILES string of the molecule is O=C1C(=O)N(c2ccc(F)cc2)C(c2ccccc2Cl)/C1=C(\O)c1ccc(Cl)cc1. The molecule has 3 aromatic rings. The number of halogens is 3. The van der Waals surface area contributed by atoms with Gasteiger partial charge >= 0.3 is 0 Å². The molecule has 3 aromatic carbocycles. The van der Waals surface area contributed by atoms with E-state index in [0.29, 0.717) is 26.9 Å². The molecular weight excluding hydrogens is 428 g/mol. The van der Waals surface area contributed by atoms with Crippen molar-refractivity contribution in [2.24, 2.45) is 0 Å². The minimum atomic E-state index is -0.986. The van der Waals surface area contributed by atoms with Crippen molar-refractivity contribution in [1.82, 2.24) is 0 Å². The molecule has 1 aliphatic rings. The average molecular weight is 442 g/mol. The van der Waals surface area contributed by atoms with Crippen LogP contribution < -0.4 is 4.90 Å². The van der Waals surface area contributed by atoms with Gasteiger partial charge in [0.25, 0.3) is 11.7 Å². The Bertz CT molecular complexity index is 1170. The number of Topliss-reactive ketones (excluding diaryl/α,β-unsaturated/α-hetero) is 1. The highest BCUT2D eigenvalue weighted by Gasteiger charge is 2.47. The summed E-state index contributed by atoms with van der Waals surface area (Å²) in [5.41, 5.74) is 0.977. The number of carbonyl (C=O) groups is 2. The van der Waals surface area contributed by atoms with E-state index in [2.05, 4.69) is 0 Å². The molecule has 4 rings (SSSR count). The van der Waals surface area contributed by atoms with E-state index >= 15 is 0 Å².